The van der Waals surface area contributed by atoms with Crippen molar-refractivity contribution in [3.8, 4) is 0 Å². The molecule has 2 atom stereocenters. The maximum absolute atomic E-state index is 14.3. The van der Waals surface area contributed by atoms with Crippen molar-refractivity contribution in [1.29, 1.82) is 0 Å². The summed E-state index contributed by atoms with van der Waals surface area (Å²) in [5, 5.41) is 6.89. The number of carboxylic acid groups (broad SMARTS) is 1. The van der Waals surface area contributed by atoms with Gasteiger partial charge in [0.1, 0.15) is 5.60 Å². The number of aryl methyl sites for hydroxylation is 1. The van der Waals surface area contributed by atoms with E-state index in [-0.39, 0.29) is 30.3 Å². The van der Waals surface area contributed by atoms with Crippen molar-refractivity contribution in [2.75, 3.05) is 40.4 Å². The van der Waals surface area contributed by atoms with Crippen LogP contribution in [0.5, 0.6) is 0 Å². The number of methoxy groups -OCH3 is 1. The summed E-state index contributed by atoms with van der Waals surface area (Å²) < 4.78 is 12.9. The molecule has 1 aromatic heterocycles. The highest BCUT2D eigenvalue weighted by molar-refractivity contribution is 5.95. The molecule has 1 fully saturated rings. The Morgan fingerprint density at radius 3 is 2.50 bits per heavy atom. The predicted molar refractivity (Wildman–Crippen MR) is 163 cm³/mol. The largest absolute Gasteiger partial charge is 0.483 e. The van der Waals surface area contributed by atoms with E-state index < -0.39 is 11.7 Å². The van der Waals surface area contributed by atoms with Gasteiger partial charge in [0.2, 0.25) is 0 Å². The van der Waals surface area contributed by atoms with E-state index in [2.05, 4.69) is 18.8 Å². The van der Waals surface area contributed by atoms with Gasteiger partial charge in [-0.2, -0.15) is 0 Å². The molecule has 1 aliphatic heterocycles. The van der Waals surface area contributed by atoms with Crippen LogP contribution in [0.1, 0.15) is 64.5 Å². The van der Waals surface area contributed by atoms with Crippen molar-refractivity contribution < 1.29 is 29.0 Å². The number of aromatic nitrogens is 2. The van der Waals surface area contributed by atoms with Crippen LogP contribution in [0.4, 0.5) is 4.79 Å². The lowest BCUT2D eigenvalue weighted by Crippen LogP contribution is -2.57. The number of unbranched alkanes of at least 4 members (excludes halogenated alkanes) is 1. The Balaban J connectivity index is 0.00000197. The molecule has 3 N–H and O–H groups in total. The third-order valence-electron chi connectivity index (χ3n) is 6.85. The van der Waals surface area contributed by atoms with E-state index in [0.717, 1.165) is 23.9 Å². The Morgan fingerprint density at radius 2 is 1.90 bits per heavy atom. The fourth-order valence-corrected chi connectivity index (χ4v) is 5.07. The zero-order valence-electron chi connectivity index (χ0n) is 26.1. The molecule has 12 nitrogen and oxygen atoms in total. The monoisotopic (exact) mass is 588 g/mol. The van der Waals surface area contributed by atoms with Crippen LogP contribution >= 0.6 is 0 Å². The van der Waals surface area contributed by atoms with Gasteiger partial charge in [0.15, 0.2) is 5.82 Å². The van der Waals surface area contributed by atoms with Crippen LogP contribution in [-0.2, 0) is 20.8 Å². The lowest BCUT2D eigenvalue weighted by Gasteiger charge is -2.43. The first-order valence-corrected chi connectivity index (χ1v) is 14.4. The number of imidazole rings is 1. The number of benzene rings is 1. The fraction of sp³-hybridized carbons (Fsp3) is 0.633. The van der Waals surface area contributed by atoms with Crippen molar-refractivity contribution in [2.24, 2.45) is 22.6 Å². The van der Waals surface area contributed by atoms with E-state index >= 15 is 0 Å². The quantitative estimate of drug-likeness (QED) is 0.184. The van der Waals surface area contributed by atoms with Crippen molar-refractivity contribution in [2.45, 2.75) is 72.1 Å². The van der Waals surface area contributed by atoms with Gasteiger partial charge < -0.3 is 34.7 Å². The molecule has 0 aliphatic carbocycles. The zero-order chi connectivity index (χ0) is 31.4. The summed E-state index contributed by atoms with van der Waals surface area (Å²) >= 11 is 0. The molecule has 12 heteroatoms. The smallest absolute Gasteiger partial charge is 0.410 e. The Labute approximate surface area is 248 Å². The normalized spacial score (nSPS) is 17.5. The molecular formula is C30H48N6O6. The molecule has 2 heterocycles. The Bertz CT molecular complexity index is 1200. The first kappa shape index (κ1) is 34.5. The van der Waals surface area contributed by atoms with E-state index in [1.54, 1.807) is 19.1 Å². The SMILES string of the molecule is CN=C(N)C1CC(N(CC(C)C)C(=O)c2nc3ccccc3n2CCCCOC)CN(C(=O)OC(C)(C)C)C1.O=CO. The van der Waals surface area contributed by atoms with Gasteiger partial charge >= 0.3 is 6.09 Å². The van der Waals surface area contributed by atoms with E-state index in [9.17, 15) is 9.59 Å². The highest BCUT2D eigenvalue weighted by Gasteiger charge is 2.39. The number of carbonyl (C=O) groups excluding carboxylic acids is 2. The summed E-state index contributed by atoms with van der Waals surface area (Å²) in [6, 6.07) is 7.56. The predicted octanol–water partition coefficient (Wildman–Crippen LogP) is 3.87. The number of nitrogens with two attached hydrogens (primary N) is 1. The van der Waals surface area contributed by atoms with Crippen LogP contribution < -0.4 is 5.73 Å². The topological polar surface area (TPSA) is 153 Å². The third-order valence-corrected chi connectivity index (χ3v) is 6.85. The molecule has 0 radical (unpaired) electrons. The maximum atomic E-state index is 14.3. The second-order valence-corrected chi connectivity index (χ2v) is 11.9. The molecular weight excluding hydrogens is 540 g/mol. The van der Waals surface area contributed by atoms with Crippen LogP contribution in [0.2, 0.25) is 0 Å². The molecule has 2 unspecified atom stereocenters. The standard InChI is InChI=1S/C29H46N6O4.CH2O2/c1-20(2)17-35(22-16-21(25(30)31-6)18-33(19-22)28(37)39-29(3,4)5)27(36)26-32-23-12-8-9-13-24(23)34(26)14-10-11-15-38-7;2-1-3/h8-9,12-13,20-22H,10-11,14-19H2,1-7H3,(H2,30,31);1H,(H,2,3). The number of fused-ring (bicyclic) bond motifs is 1. The fourth-order valence-electron chi connectivity index (χ4n) is 5.07. The van der Waals surface area contributed by atoms with Gasteiger partial charge in [0.25, 0.3) is 12.4 Å². The van der Waals surface area contributed by atoms with Crippen molar-refractivity contribution >= 4 is 35.3 Å². The van der Waals surface area contributed by atoms with Crippen LogP contribution in [0.3, 0.4) is 0 Å². The average Bonchev–Trinajstić information content (AvgIpc) is 3.31. The molecule has 0 saturated carbocycles. The number of carbonyl (C=O) groups is 3. The van der Waals surface area contributed by atoms with Gasteiger partial charge in [-0.25, -0.2) is 9.78 Å². The molecule has 42 heavy (non-hydrogen) atoms. The summed E-state index contributed by atoms with van der Waals surface area (Å²) in [7, 11) is 3.35. The number of amides is 2. The van der Waals surface area contributed by atoms with Crippen LogP contribution in [0.15, 0.2) is 29.3 Å². The molecule has 234 valence electrons. The number of rotatable bonds is 10. The molecule has 2 amide bonds. The highest BCUT2D eigenvalue weighted by atomic mass is 16.6. The molecule has 1 aromatic carbocycles. The number of amidine groups is 1. The number of para-hydroxylation sites is 2. The summed E-state index contributed by atoms with van der Waals surface area (Å²) in [5.41, 5.74) is 7.37. The van der Waals surface area contributed by atoms with Gasteiger partial charge in [-0.05, 0) is 58.1 Å². The Hall–Kier alpha value is -3.67. The van der Waals surface area contributed by atoms with Gasteiger partial charge in [0.05, 0.1) is 22.9 Å². The number of nitrogens with zero attached hydrogens (tertiary/aromatic N) is 5. The number of ether oxygens (including phenoxy) is 2. The van der Waals surface area contributed by atoms with E-state index in [0.29, 0.717) is 50.9 Å². The number of aliphatic imine (C=N–C) groups is 1. The zero-order valence-corrected chi connectivity index (χ0v) is 26.1. The molecule has 0 bridgehead atoms. The van der Waals surface area contributed by atoms with Crippen molar-refractivity contribution in [3.63, 3.8) is 0 Å². The second-order valence-electron chi connectivity index (χ2n) is 11.9. The number of hydrogen-bond donors (Lipinski definition) is 2. The maximum Gasteiger partial charge on any atom is 0.410 e. The minimum atomic E-state index is -0.634. The number of piperidine rings is 1. The second kappa shape index (κ2) is 16.1. The number of likely N-dealkylation sites (tertiary alicyclic amines) is 1. The van der Waals surface area contributed by atoms with Gasteiger partial charge in [-0.3, -0.25) is 14.6 Å². The molecule has 2 aromatic rings. The average molecular weight is 589 g/mol. The first-order chi connectivity index (χ1) is 19.9. The van der Waals surface area contributed by atoms with E-state index in [4.69, 9.17) is 30.1 Å². The summed E-state index contributed by atoms with van der Waals surface area (Å²) in [4.78, 5) is 48.4. The minimum Gasteiger partial charge on any atom is -0.483 e. The van der Waals surface area contributed by atoms with Crippen LogP contribution in [-0.4, -0.2) is 101 Å². The van der Waals surface area contributed by atoms with Crippen molar-refractivity contribution in [1.82, 2.24) is 19.4 Å². The van der Waals surface area contributed by atoms with Gasteiger partial charge in [-0.15, -0.1) is 0 Å². The van der Waals surface area contributed by atoms with Gasteiger partial charge in [-0.1, -0.05) is 26.0 Å². The van der Waals surface area contributed by atoms with Crippen LogP contribution in [0.25, 0.3) is 11.0 Å². The van der Waals surface area contributed by atoms with E-state index in [1.807, 2.05) is 54.5 Å². The lowest BCUT2D eigenvalue weighted by atomic mass is 9.91. The summed E-state index contributed by atoms with van der Waals surface area (Å²) in [6.45, 7) is 12.1. The summed E-state index contributed by atoms with van der Waals surface area (Å²) in [5.74, 6) is 0.763. The van der Waals surface area contributed by atoms with E-state index in [1.165, 1.54) is 0 Å². The molecule has 1 aliphatic rings. The lowest BCUT2D eigenvalue weighted by molar-refractivity contribution is -0.122. The van der Waals surface area contributed by atoms with Crippen LogP contribution in [0, 0.1) is 11.8 Å². The molecule has 1 saturated heterocycles. The van der Waals surface area contributed by atoms with Crippen molar-refractivity contribution in [3.05, 3.63) is 30.1 Å². The first-order valence-electron chi connectivity index (χ1n) is 14.4. The number of hydrogen-bond acceptors (Lipinski definition) is 7. The molecule has 3 rings (SSSR count). The highest BCUT2D eigenvalue weighted by Crippen LogP contribution is 2.27. The minimum absolute atomic E-state index is 0.145. The summed E-state index contributed by atoms with van der Waals surface area (Å²) in [6.07, 6.45) is 1.94. The Kier molecular flexibility index (Phi) is 13.2. The molecule has 0 spiro atoms. The third kappa shape index (κ3) is 9.71. The Morgan fingerprint density at radius 1 is 1.24 bits per heavy atom. The van der Waals surface area contributed by atoms with Gasteiger partial charge in [0, 0.05) is 52.9 Å².